The molecule has 136 valence electrons. The van der Waals surface area contributed by atoms with Crippen LogP contribution in [0.2, 0.25) is 0 Å². The third kappa shape index (κ3) is 2.75. The Hall–Kier alpha value is -2.45. The van der Waals surface area contributed by atoms with Crippen LogP contribution in [0.3, 0.4) is 0 Å². The molecule has 26 heavy (non-hydrogen) atoms. The van der Waals surface area contributed by atoms with Crippen LogP contribution in [0, 0.1) is 17.0 Å². The van der Waals surface area contributed by atoms with Crippen molar-refractivity contribution in [2.75, 3.05) is 12.0 Å². The van der Waals surface area contributed by atoms with Crippen LogP contribution in [-0.2, 0) is 4.79 Å². The maximum Gasteiger partial charge on any atom is 0.305 e. The predicted octanol–water partition coefficient (Wildman–Crippen LogP) is 2.82. The van der Waals surface area contributed by atoms with E-state index in [2.05, 4.69) is 15.9 Å². The highest BCUT2D eigenvalue weighted by Crippen LogP contribution is 2.50. The van der Waals surface area contributed by atoms with Crippen LogP contribution in [0.4, 0.5) is 5.69 Å². The third-order valence-electron chi connectivity index (χ3n) is 4.53. The van der Waals surface area contributed by atoms with Gasteiger partial charge in [-0.2, -0.15) is 0 Å². The summed E-state index contributed by atoms with van der Waals surface area (Å²) in [6.07, 6.45) is 0. The van der Waals surface area contributed by atoms with Crippen molar-refractivity contribution in [1.82, 2.24) is 0 Å². The summed E-state index contributed by atoms with van der Waals surface area (Å²) < 4.78 is 5.11. The zero-order valence-electron chi connectivity index (χ0n) is 14.1. The van der Waals surface area contributed by atoms with Gasteiger partial charge in [0.15, 0.2) is 0 Å². The van der Waals surface area contributed by atoms with Crippen molar-refractivity contribution in [2.24, 2.45) is 0 Å². The fourth-order valence-electron chi connectivity index (χ4n) is 3.11. The Morgan fingerprint density at radius 2 is 1.81 bits per heavy atom. The minimum absolute atomic E-state index is 0.522. The summed E-state index contributed by atoms with van der Waals surface area (Å²) in [4.78, 5) is 23.0. The van der Waals surface area contributed by atoms with Gasteiger partial charge in [-0.1, -0.05) is 29.8 Å². The number of amides is 1. The van der Waals surface area contributed by atoms with Crippen LogP contribution >= 0.6 is 15.9 Å². The average Bonchev–Trinajstić information content (AvgIpc) is 2.65. The number of hydrogen-bond acceptors (Lipinski definition) is 5. The van der Waals surface area contributed by atoms with Gasteiger partial charge in [0.1, 0.15) is 11.8 Å². The monoisotopic (exact) mass is 420 g/mol. The molecule has 1 saturated heterocycles. The van der Waals surface area contributed by atoms with Gasteiger partial charge in [0.25, 0.3) is 5.91 Å². The highest BCUT2D eigenvalue weighted by atomic mass is 79.9. The van der Waals surface area contributed by atoms with Crippen molar-refractivity contribution in [3.05, 3.63) is 69.8 Å². The Labute approximate surface area is 158 Å². The number of aliphatic hydroxyl groups is 1. The number of β-lactam (4-membered cyclic amide) rings is 1. The second-order valence-corrected chi connectivity index (χ2v) is 7.00. The molecule has 0 aromatic heterocycles. The van der Waals surface area contributed by atoms with Crippen LogP contribution in [0.5, 0.6) is 5.75 Å². The van der Waals surface area contributed by atoms with Crippen molar-refractivity contribution in [1.29, 1.82) is 0 Å². The number of alkyl halides is 1. The molecule has 0 bridgehead atoms. The van der Waals surface area contributed by atoms with E-state index in [1.165, 1.54) is 12.0 Å². The zero-order valence-corrected chi connectivity index (χ0v) is 15.7. The fourth-order valence-corrected chi connectivity index (χ4v) is 3.56. The molecule has 1 aliphatic rings. The predicted molar refractivity (Wildman–Crippen MR) is 99.1 cm³/mol. The van der Waals surface area contributed by atoms with Gasteiger partial charge in [-0.05, 0) is 36.8 Å². The number of ether oxygens (including phenoxy) is 1. The minimum atomic E-state index is -2.18. The number of carbonyl (C=O) groups is 1. The van der Waals surface area contributed by atoms with E-state index in [0.29, 0.717) is 17.0 Å². The van der Waals surface area contributed by atoms with E-state index in [4.69, 9.17) is 4.74 Å². The number of rotatable bonds is 5. The summed E-state index contributed by atoms with van der Waals surface area (Å²) in [5.41, 5.74) is -0.0453. The lowest BCUT2D eigenvalue weighted by molar-refractivity contribution is -0.513. The summed E-state index contributed by atoms with van der Waals surface area (Å²) in [6.45, 7) is 1.91. The molecule has 3 atom stereocenters. The first-order valence-electron chi connectivity index (χ1n) is 7.85. The molecule has 8 heteroatoms. The molecule has 0 radical (unpaired) electrons. The molecule has 1 N–H and O–H groups in total. The van der Waals surface area contributed by atoms with Crippen LogP contribution in [0.15, 0.2) is 48.5 Å². The van der Waals surface area contributed by atoms with E-state index in [-0.39, 0.29) is 0 Å². The Morgan fingerprint density at radius 3 is 2.31 bits per heavy atom. The number of carbonyl (C=O) groups excluding carboxylic acids is 1. The van der Waals surface area contributed by atoms with Crippen LogP contribution in [0.1, 0.15) is 17.2 Å². The molecule has 2 aromatic rings. The Kier molecular flexibility index (Phi) is 4.72. The first kappa shape index (κ1) is 18.3. The van der Waals surface area contributed by atoms with Gasteiger partial charge in [-0.15, -0.1) is 0 Å². The van der Waals surface area contributed by atoms with Gasteiger partial charge in [-0.25, -0.2) is 0 Å². The standard InChI is InChI=1S/C18H17BrN2O5/c1-11-3-5-12(6-4-11)15-18(23,16(19)21(24)25)17(22)20(15)13-7-9-14(26-2)10-8-13/h3-10,15-16,23H,1-2H3/t15-,16-,18-/m0/s1. The maximum absolute atomic E-state index is 12.7. The lowest BCUT2D eigenvalue weighted by Gasteiger charge is -2.52. The van der Waals surface area contributed by atoms with E-state index in [9.17, 15) is 20.0 Å². The molecule has 0 saturated carbocycles. The van der Waals surface area contributed by atoms with Crippen molar-refractivity contribution in [3.63, 3.8) is 0 Å². The highest BCUT2D eigenvalue weighted by Gasteiger charge is 2.69. The molecule has 2 aromatic carbocycles. The van der Waals surface area contributed by atoms with Crippen molar-refractivity contribution >= 4 is 27.5 Å². The number of hydrogen-bond donors (Lipinski definition) is 1. The molecular weight excluding hydrogens is 404 g/mol. The van der Waals surface area contributed by atoms with Crippen LogP contribution < -0.4 is 9.64 Å². The molecule has 0 aliphatic carbocycles. The smallest absolute Gasteiger partial charge is 0.305 e. The van der Waals surface area contributed by atoms with E-state index in [1.54, 1.807) is 36.4 Å². The third-order valence-corrected chi connectivity index (χ3v) is 5.56. The summed E-state index contributed by atoms with van der Waals surface area (Å²) in [5, 5.41) is 22.2. The van der Waals surface area contributed by atoms with Gasteiger partial charge < -0.3 is 9.84 Å². The SMILES string of the molecule is COc1ccc(N2C(=O)[C@@](O)([C@@H](Br)[N+](=O)[O-])[C@@H]2c2ccc(C)cc2)cc1. The van der Waals surface area contributed by atoms with Gasteiger partial charge >= 0.3 is 4.95 Å². The van der Waals surface area contributed by atoms with Crippen LogP contribution in [0.25, 0.3) is 0 Å². The topological polar surface area (TPSA) is 92.9 Å². The molecule has 7 nitrogen and oxygen atoms in total. The number of halogens is 1. The van der Waals surface area contributed by atoms with Crippen molar-refractivity contribution < 1.29 is 19.6 Å². The van der Waals surface area contributed by atoms with E-state index in [1.807, 2.05) is 19.1 Å². The molecule has 3 rings (SSSR count). The number of methoxy groups -OCH3 is 1. The second-order valence-electron chi connectivity index (χ2n) is 6.13. The van der Waals surface area contributed by atoms with E-state index >= 15 is 0 Å². The minimum Gasteiger partial charge on any atom is -0.497 e. The van der Waals surface area contributed by atoms with Crippen molar-refractivity contribution in [3.8, 4) is 5.75 Å². The number of nitrogens with zero attached hydrogens (tertiary/aromatic N) is 2. The number of benzene rings is 2. The first-order chi connectivity index (χ1) is 12.3. The quantitative estimate of drug-likeness (QED) is 0.264. The number of anilines is 1. The van der Waals surface area contributed by atoms with Gasteiger partial charge in [-0.3, -0.25) is 19.8 Å². The second kappa shape index (κ2) is 6.69. The average molecular weight is 421 g/mol. The Bertz CT molecular complexity index is 840. The number of nitro groups is 1. The number of aryl methyl sites for hydroxylation is 1. The lowest BCUT2D eigenvalue weighted by atomic mass is 9.77. The first-order valence-corrected chi connectivity index (χ1v) is 8.76. The molecular formula is C18H17BrN2O5. The van der Waals surface area contributed by atoms with Crippen molar-refractivity contribution in [2.45, 2.75) is 23.5 Å². The summed E-state index contributed by atoms with van der Waals surface area (Å²) >= 11 is 2.87. The molecule has 0 spiro atoms. The molecule has 1 fully saturated rings. The Morgan fingerprint density at radius 1 is 1.23 bits per heavy atom. The summed E-state index contributed by atoms with van der Waals surface area (Å²) in [7, 11) is 1.53. The molecule has 1 aliphatic heterocycles. The van der Waals surface area contributed by atoms with Gasteiger partial charge in [0, 0.05) is 26.5 Å². The molecule has 1 heterocycles. The summed E-state index contributed by atoms with van der Waals surface area (Å²) in [5.74, 6) is -0.112. The van der Waals surface area contributed by atoms with Crippen LogP contribution in [-0.4, -0.2) is 33.6 Å². The van der Waals surface area contributed by atoms with E-state index in [0.717, 1.165) is 5.56 Å². The Balaban J connectivity index is 2.07. The molecule has 1 amide bonds. The van der Waals surface area contributed by atoms with Gasteiger partial charge in [0.05, 0.1) is 7.11 Å². The maximum atomic E-state index is 12.7. The lowest BCUT2D eigenvalue weighted by Crippen LogP contribution is -2.73. The highest BCUT2D eigenvalue weighted by molar-refractivity contribution is 9.09. The normalized spacial score (nSPS) is 23.3. The van der Waals surface area contributed by atoms with E-state index < -0.39 is 27.4 Å². The van der Waals surface area contributed by atoms with Gasteiger partial charge in [0.2, 0.25) is 5.60 Å². The fraction of sp³-hybridized carbons (Fsp3) is 0.278. The summed E-state index contributed by atoms with van der Waals surface area (Å²) in [6, 6.07) is 13.0. The zero-order chi connectivity index (χ0) is 19.1. The molecule has 0 unspecified atom stereocenters. The largest absolute Gasteiger partial charge is 0.497 e.